The molecule has 0 aliphatic rings. The summed E-state index contributed by atoms with van der Waals surface area (Å²) in [6.45, 7) is 1.78. The number of aromatic amines is 1. The van der Waals surface area contributed by atoms with Crippen LogP contribution < -0.4 is 19.6 Å². The van der Waals surface area contributed by atoms with Crippen LogP contribution in [0, 0.1) is 0 Å². The van der Waals surface area contributed by atoms with Crippen LogP contribution in [-0.2, 0) is 4.74 Å². The second-order valence-corrected chi connectivity index (χ2v) is 5.55. The molecule has 1 aromatic carbocycles. The monoisotopic (exact) mass is 387 g/mol. The maximum Gasteiger partial charge on any atom is 0.338 e. The SMILES string of the molecule is C/C=C/c1[nH]cc(C(=O)c2c(OC)cc(OC)cc2C(=O)OC)c(=O)c1OC. The summed E-state index contributed by atoms with van der Waals surface area (Å²) >= 11 is 0. The molecule has 0 radical (unpaired) electrons. The van der Waals surface area contributed by atoms with Gasteiger partial charge < -0.3 is 23.9 Å². The van der Waals surface area contributed by atoms with E-state index in [9.17, 15) is 14.4 Å². The van der Waals surface area contributed by atoms with Crippen molar-refractivity contribution in [2.75, 3.05) is 28.4 Å². The molecule has 0 aliphatic carbocycles. The number of allylic oxidation sites excluding steroid dienone is 1. The van der Waals surface area contributed by atoms with Crippen LogP contribution in [-0.4, -0.2) is 45.2 Å². The third-order valence-corrected chi connectivity index (χ3v) is 4.01. The first-order valence-corrected chi connectivity index (χ1v) is 8.24. The third kappa shape index (κ3) is 3.75. The van der Waals surface area contributed by atoms with Crippen molar-refractivity contribution in [3.05, 3.63) is 57.0 Å². The molecule has 2 aromatic rings. The fourth-order valence-corrected chi connectivity index (χ4v) is 2.70. The number of carbonyl (C=O) groups is 2. The highest BCUT2D eigenvalue weighted by molar-refractivity contribution is 6.16. The van der Waals surface area contributed by atoms with Gasteiger partial charge >= 0.3 is 5.97 Å². The molecule has 148 valence electrons. The van der Waals surface area contributed by atoms with Gasteiger partial charge in [0, 0.05) is 12.3 Å². The maximum absolute atomic E-state index is 13.2. The van der Waals surface area contributed by atoms with Gasteiger partial charge in [0.1, 0.15) is 11.5 Å². The summed E-state index contributed by atoms with van der Waals surface area (Å²) in [5.74, 6) is -1.14. The Morgan fingerprint density at radius 3 is 2.25 bits per heavy atom. The third-order valence-electron chi connectivity index (χ3n) is 4.01. The summed E-state index contributed by atoms with van der Waals surface area (Å²) in [4.78, 5) is 41.1. The number of hydrogen-bond acceptors (Lipinski definition) is 7. The van der Waals surface area contributed by atoms with Gasteiger partial charge in [0.25, 0.3) is 0 Å². The van der Waals surface area contributed by atoms with Gasteiger partial charge in [0.05, 0.1) is 50.8 Å². The number of benzene rings is 1. The minimum atomic E-state index is -0.769. The largest absolute Gasteiger partial charge is 0.497 e. The Labute approximate surface area is 161 Å². The molecular formula is C20H21NO7. The van der Waals surface area contributed by atoms with E-state index < -0.39 is 17.2 Å². The molecule has 0 saturated carbocycles. The number of aromatic nitrogens is 1. The fourth-order valence-electron chi connectivity index (χ4n) is 2.70. The normalized spacial score (nSPS) is 10.6. The average Bonchev–Trinajstić information content (AvgIpc) is 2.72. The second-order valence-electron chi connectivity index (χ2n) is 5.55. The van der Waals surface area contributed by atoms with Crippen molar-refractivity contribution >= 4 is 17.8 Å². The Kier molecular flexibility index (Phi) is 6.59. The standard InChI is InChI=1S/C20H21NO7/c1-6-7-14-19(27-4)18(23)13(10-21-14)17(22)16-12(20(24)28-5)8-11(25-2)9-15(16)26-3/h6-10H,1-5H3,(H,21,23)/b7-6+. The number of methoxy groups -OCH3 is 4. The van der Waals surface area contributed by atoms with E-state index in [1.807, 2.05) is 0 Å². The molecule has 0 unspecified atom stereocenters. The summed E-state index contributed by atoms with van der Waals surface area (Å²) in [5, 5.41) is 0. The van der Waals surface area contributed by atoms with E-state index in [0.717, 1.165) is 0 Å². The molecule has 0 bridgehead atoms. The van der Waals surface area contributed by atoms with E-state index >= 15 is 0 Å². The molecule has 0 atom stereocenters. The molecule has 0 saturated heterocycles. The Hall–Kier alpha value is -3.55. The zero-order chi connectivity index (χ0) is 20.8. The lowest BCUT2D eigenvalue weighted by Gasteiger charge is -2.14. The van der Waals surface area contributed by atoms with Crippen molar-refractivity contribution in [2.24, 2.45) is 0 Å². The zero-order valence-electron chi connectivity index (χ0n) is 16.2. The number of ether oxygens (including phenoxy) is 4. The van der Waals surface area contributed by atoms with Crippen LogP contribution in [0.25, 0.3) is 6.08 Å². The lowest BCUT2D eigenvalue weighted by Crippen LogP contribution is -2.22. The molecule has 0 aliphatic heterocycles. The van der Waals surface area contributed by atoms with Gasteiger partial charge in [0.2, 0.25) is 11.2 Å². The highest BCUT2D eigenvalue weighted by atomic mass is 16.5. The van der Waals surface area contributed by atoms with Gasteiger partial charge in [0.15, 0.2) is 5.75 Å². The summed E-state index contributed by atoms with van der Waals surface area (Å²) < 4.78 is 20.3. The van der Waals surface area contributed by atoms with Gasteiger partial charge in [-0.25, -0.2) is 4.79 Å². The van der Waals surface area contributed by atoms with Crippen molar-refractivity contribution in [3.63, 3.8) is 0 Å². The number of esters is 1. The number of rotatable bonds is 7. The summed E-state index contributed by atoms with van der Waals surface area (Å²) in [5.41, 5.74) is -0.603. The quantitative estimate of drug-likeness (QED) is 0.575. The first-order chi connectivity index (χ1) is 13.4. The van der Waals surface area contributed by atoms with Crippen molar-refractivity contribution < 1.29 is 28.5 Å². The van der Waals surface area contributed by atoms with Gasteiger partial charge in [-0.2, -0.15) is 0 Å². The molecule has 28 heavy (non-hydrogen) atoms. The van der Waals surface area contributed by atoms with Crippen LogP contribution in [0.2, 0.25) is 0 Å². The Morgan fingerprint density at radius 2 is 1.71 bits per heavy atom. The molecule has 8 heteroatoms. The average molecular weight is 387 g/mol. The lowest BCUT2D eigenvalue weighted by atomic mass is 9.97. The summed E-state index contributed by atoms with van der Waals surface area (Å²) in [7, 11) is 5.27. The minimum absolute atomic E-state index is 0.0175. The van der Waals surface area contributed by atoms with Gasteiger partial charge in [-0.05, 0) is 19.1 Å². The highest BCUT2D eigenvalue weighted by Crippen LogP contribution is 2.31. The molecule has 0 amide bonds. The Morgan fingerprint density at radius 1 is 1.00 bits per heavy atom. The second kappa shape index (κ2) is 8.90. The van der Waals surface area contributed by atoms with Crippen molar-refractivity contribution in [1.29, 1.82) is 0 Å². The number of nitrogens with one attached hydrogen (secondary N) is 1. The van der Waals surface area contributed by atoms with Crippen LogP contribution >= 0.6 is 0 Å². The maximum atomic E-state index is 13.2. The Balaban J connectivity index is 2.77. The highest BCUT2D eigenvalue weighted by Gasteiger charge is 2.28. The summed E-state index contributed by atoms with van der Waals surface area (Å²) in [6.07, 6.45) is 4.63. The van der Waals surface area contributed by atoms with E-state index in [0.29, 0.717) is 11.4 Å². The van der Waals surface area contributed by atoms with Crippen molar-refractivity contribution in [3.8, 4) is 17.2 Å². The van der Waals surface area contributed by atoms with Gasteiger partial charge in [-0.3, -0.25) is 9.59 Å². The number of H-pyrrole nitrogens is 1. The molecule has 0 fully saturated rings. The van der Waals surface area contributed by atoms with E-state index in [2.05, 4.69) is 4.98 Å². The fraction of sp³-hybridized carbons (Fsp3) is 0.250. The van der Waals surface area contributed by atoms with Crippen molar-refractivity contribution in [2.45, 2.75) is 6.92 Å². The smallest absolute Gasteiger partial charge is 0.338 e. The van der Waals surface area contributed by atoms with Crippen LogP contribution in [0.1, 0.15) is 38.9 Å². The predicted octanol–water partition coefficient (Wildman–Crippen LogP) is 2.45. The molecule has 1 aromatic heterocycles. The first-order valence-electron chi connectivity index (χ1n) is 8.24. The number of hydrogen-bond donors (Lipinski definition) is 1. The number of carbonyl (C=O) groups excluding carboxylic acids is 2. The van der Waals surface area contributed by atoms with Crippen LogP contribution in [0.3, 0.4) is 0 Å². The minimum Gasteiger partial charge on any atom is -0.497 e. The molecule has 2 rings (SSSR count). The number of pyridine rings is 1. The zero-order valence-corrected chi connectivity index (χ0v) is 16.2. The van der Waals surface area contributed by atoms with E-state index in [1.165, 1.54) is 46.8 Å². The molecular weight excluding hydrogens is 366 g/mol. The predicted molar refractivity (Wildman–Crippen MR) is 103 cm³/mol. The van der Waals surface area contributed by atoms with Gasteiger partial charge in [-0.1, -0.05) is 6.08 Å². The number of ketones is 1. The Bertz CT molecular complexity index is 989. The lowest BCUT2D eigenvalue weighted by molar-refractivity contribution is 0.0596. The van der Waals surface area contributed by atoms with E-state index in [1.54, 1.807) is 19.1 Å². The van der Waals surface area contributed by atoms with Crippen LogP contribution in [0.5, 0.6) is 17.2 Å². The first kappa shape index (κ1) is 20.8. The molecule has 0 spiro atoms. The molecule has 8 nitrogen and oxygen atoms in total. The van der Waals surface area contributed by atoms with Crippen molar-refractivity contribution in [1.82, 2.24) is 4.98 Å². The molecule has 1 N–H and O–H groups in total. The van der Waals surface area contributed by atoms with Gasteiger partial charge in [-0.15, -0.1) is 0 Å². The topological polar surface area (TPSA) is 104 Å². The van der Waals surface area contributed by atoms with E-state index in [-0.39, 0.29) is 28.2 Å². The summed E-state index contributed by atoms with van der Waals surface area (Å²) in [6, 6.07) is 2.79. The molecule has 1 heterocycles. The van der Waals surface area contributed by atoms with E-state index in [4.69, 9.17) is 18.9 Å². The van der Waals surface area contributed by atoms with Crippen LogP contribution in [0.15, 0.2) is 29.2 Å². The van der Waals surface area contributed by atoms with Crippen LogP contribution in [0.4, 0.5) is 0 Å².